The van der Waals surface area contributed by atoms with Crippen LogP contribution in [0.15, 0.2) is 0 Å². The van der Waals surface area contributed by atoms with E-state index in [2.05, 4.69) is 13.8 Å². The van der Waals surface area contributed by atoms with Gasteiger partial charge in [0.15, 0.2) is 0 Å². The topological polar surface area (TPSA) is 38.7 Å². The smallest absolute Gasteiger partial charge is 0.101 e. The van der Waals surface area contributed by atoms with Crippen molar-refractivity contribution in [3.63, 3.8) is 0 Å². The molecule has 0 radical (unpaired) electrons. The Balaban J connectivity index is 3.42. The van der Waals surface area contributed by atoms with Crippen molar-refractivity contribution in [1.82, 2.24) is 0 Å². The maximum atomic E-state index is 9.69. The van der Waals surface area contributed by atoms with Crippen LogP contribution in [-0.4, -0.2) is 48.4 Å². The molecule has 2 atom stereocenters. The molecule has 5 heteroatoms. The van der Waals surface area contributed by atoms with E-state index < -0.39 is 6.10 Å². The van der Waals surface area contributed by atoms with Crippen molar-refractivity contribution >= 4 is 23.2 Å². The van der Waals surface area contributed by atoms with Crippen molar-refractivity contribution in [2.45, 2.75) is 69.2 Å². The fraction of sp³-hybridized carbons (Fsp3) is 1.00. The Bertz CT molecular complexity index is 186. The number of hydrogen-bond donors (Lipinski definition) is 1. The lowest BCUT2D eigenvalue weighted by molar-refractivity contribution is -0.0190. The number of rotatable bonds is 14. The van der Waals surface area contributed by atoms with Crippen LogP contribution in [0.2, 0.25) is 0 Å². The van der Waals surface area contributed by atoms with Gasteiger partial charge in [0.25, 0.3) is 0 Å². The van der Waals surface area contributed by atoms with E-state index in [0.717, 1.165) is 38.5 Å². The normalized spacial score (nSPS) is 16.1. The standard InChI is InChI=1S/C15H30Cl2O3/c1-3-5-7-13(16)9-19-11-15(18)12-20-10-14(17)8-6-4-2/h13-15,18H,3-12H2,1-2H3. The van der Waals surface area contributed by atoms with Crippen molar-refractivity contribution in [1.29, 1.82) is 0 Å². The fourth-order valence-electron chi connectivity index (χ4n) is 1.73. The molecule has 2 unspecified atom stereocenters. The first-order valence-electron chi connectivity index (χ1n) is 7.71. The molecule has 0 spiro atoms. The van der Waals surface area contributed by atoms with Gasteiger partial charge in [0.05, 0.1) is 37.2 Å². The van der Waals surface area contributed by atoms with Gasteiger partial charge in [0, 0.05) is 0 Å². The maximum absolute atomic E-state index is 9.69. The highest BCUT2D eigenvalue weighted by Gasteiger charge is 2.10. The third kappa shape index (κ3) is 13.4. The van der Waals surface area contributed by atoms with Crippen LogP contribution in [0.5, 0.6) is 0 Å². The SMILES string of the molecule is CCCCC(Cl)COCC(O)COCC(Cl)CCCC. The summed E-state index contributed by atoms with van der Waals surface area (Å²) in [6, 6.07) is 0. The third-order valence-electron chi connectivity index (χ3n) is 2.96. The zero-order chi connectivity index (χ0) is 15.2. The second-order valence-corrected chi connectivity index (χ2v) is 6.44. The summed E-state index contributed by atoms with van der Waals surface area (Å²) in [4.78, 5) is 0. The Morgan fingerprint density at radius 2 is 1.20 bits per heavy atom. The summed E-state index contributed by atoms with van der Waals surface area (Å²) >= 11 is 12.2. The van der Waals surface area contributed by atoms with Crippen LogP contribution in [-0.2, 0) is 9.47 Å². The van der Waals surface area contributed by atoms with Crippen LogP contribution in [0.1, 0.15) is 52.4 Å². The minimum atomic E-state index is -0.611. The molecule has 0 aromatic carbocycles. The minimum absolute atomic E-state index is 0.0318. The molecule has 0 aliphatic heterocycles. The van der Waals surface area contributed by atoms with Gasteiger partial charge in [-0.2, -0.15) is 0 Å². The number of alkyl halides is 2. The van der Waals surface area contributed by atoms with Gasteiger partial charge in [0.1, 0.15) is 6.10 Å². The van der Waals surface area contributed by atoms with E-state index in [9.17, 15) is 5.11 Å². The average Bonchev–Trinajstić information content (AvgIpc) is 2.42. The lowest BCUT2D eigenvalue weighted by Crippen LogP contribution is -2.25. The summed E-state index contributed by atoms with van der Waals surface area (Å²) in [7, 11) is 0. The van der Waals surface area contributed by atoms with Crippen molar-refractivity contribution < 1.29 is 14.6 Å². The number of halogens is 2. The molecule has 0 aromatic rings. The second-order valence-electron chi connectivity index (χ2n) is 5.21. The van der Waals surface area contributed by atoms with E-state index >= 15 is 0 Å². The molecular weight excluding hydrogens is 299 g/mol. The number of ether oxygens (including phenoxy) is 2. The van der Waals surface area contributed by atoms with E-state index in [-0.39, 0.29) is 24.0 Å². The quantitative estimate of drug-likeness (QED) is 0.490. The van der Waals surface area contributed by atoms with Gasteiger partial charge in [-0.3, -0.25) is 0 Å². The molecule has 0 amide bonds. The average molecular weight is 329 g/mol. The molecule has 122 valence electrons. The first-order valence-corrected chi connectivity index (χ1v) is 8.59. The highest BCUT2D eigenvalue weighted by molar-refractivity contribution is 6.20. The van der Waals surface area contributed by atoms with Crippen molar-refractivity contribution in [2.24, 2.45) is 0 Å². The zero-order valence-electron chi connectivity index (χ0n) is 12.8. The molecule has 0 heterocycles. The summed E-state index contributed by atoms with van der Waals surface area (Å²) in [5.41, 5.74) is 0. The monoisotopic (exact) mass is 328 g/mol. The van der Waals surface area contributed by atoms with E-state index in [0.29, 0.717) is 13.2 Å². The van der Waals surface area contributed by atoms with Crippen LogP contribution in [0.3, 0.4) is 0 Å². The number of aliphatic hydroxyl groups excluding tert-OH is 1. The molecule has 0 saturated carbocycles. The Hall–Kier alpha value is 0.460. The highest BCUT2D eigenvalue weighted by Crippen LogP contribution is 2.09. The second kappa shape index (κ2) is 14.4. The number of hydrogen-bond acceptors (Lipinski definition) is 3. The summed E-state index contributed by atoms with van der Waals surface area (Å²) < 4.78 is 10.8. The van der Waals surface area contributed by atoms with Gasteiger partial charge in [-0.1, -0.05) is 39.5 Å². The Kier molecular flexibility index (Phi) is 14.7. The van der Waals surface area contributed by atoms with E-state index in [1.807, 2.05) is 0 Å². The van der Waals surface area contributed by atoms with Crippen LogP contribution < -0.4 is 0 Å². The lowest BCUT2D eigenvalue weighted by atomic mass is 10.2. The molecule has 3 nitrogen and oxygen atoms in total. The largest absolute Gasteiger partial charge is 0.388 e. The van der Waals surface area contributed by atoms with E-state index in [4.69, 9.17) is 32.7 Å². The first-order chi connectivity index (χ1) is 9.60. The molecule has 0 saturated heterocycles. The Labute approximate surface area is 133 Å². The lowest BCUT2D eigenvalue weighted by Gasteiger charge is -2.15. The minimum Gasteiger partial charge on any atom is -0.388 e. The highest BCUT2D eigenvalue weighted by atomic mass is 35.5. The molecule has 0 bridgehead atoms. The molecule has 0 rings (SSSR count). The first kappa shape index (κ1) is 20.5. The van der Waals surface area contributed by atoms with Crippen LogP contribution in [0.4, 0.5) is 0 Å². The van der Waals surface area contributed by atoms with Gasteiger partial charge in [-0.15, -0.1) is 23.2 Å². The predicted octanol–water partition coefficient (Wildman–Crippen LogP) is 3.98. The molecule has 0 fully saturated rings. The van der Waals surface area contributed by atoms with Crippen LogP contribution in [0.25, 0.3) is 0 Å². The maximum Gasteiger partial charge on any atom is 0.101 e. The van der Waals surface area contributed by atoms with Crippen molar-refractivity contribution in [2.75, 3.05) is 26.4 Å². The predicted molar refractivity (Wildman–Crippen MR) is 86.0 cm³/mol. The molecular formula is C15H30Cl2O3. The van der Waals surface area contributed by atoms with Crippen molar-refractivity contribution in [3.8, 4) is 0 Å². The summed E-state index contributed by atoms with van der Waals surface area (Å²) in [5.74, 6) is 0. The summed E-state index contributed by atoms with van der Waals surface area (Å²) in [6.07, 6.45) is 5.79. The fourth-order valence-corrected chi connectivity index (χ4v) is 2.22. The zero-order valence-corrected chi connectivity index (χ0v) is 14.3. The number of unbranched alkanes of at least 4 members (excludes halogenated alkanes) is 2. The number of aliphatic hydroxyl groups is 1. The molecule has 1 N–H and O–H groups in total. The van der Waals surface area contributed by atoms with Crippen LogP contribution >= 0.6 is 23.2 Å². The molecule has 0 aliphatic carbocycles. The van der Waals surface area contributed by atoms with E-state index in [1.54, 1.807) is 0 Å². The molecule has 0 aromatic heterocycles. The van der Waals surface area contributed by atoms with Gasteiger partial charge in [0.2, 0.25) is 0 Å². The Morgan fingerprint density at radius 1 is 0.800 bits per heavy atom. The van der Waals surface area contributed by atoms with Gasteiger partial charge < -0.3 is 14.6 Å². The third-order valence-corrected chi connectivity index (χ3v) is 3.65. The Morgan fingerprint density at radius 3 is 1.55 bits per heavy atom. The van der Waals surface area contributed by atoms with Crippen molar-refractivity contribution in [3.05, 3.63) is 0 Å². The van der Waals surface area contributed by atoms with Gasteiger partial charge >= 0.3 is 0 Å². The van der Waals surface area contributed by atoms with Gasteiger partial charge in [-0.25, -0.2) is 0 Å². The summed E-state index contributed by atoms with van der Waals surface area (Å²) in [5, 5.41) is 9.75. The van der Waals surface area contributed by atoms with Crippen LogP contribution in [0, 0.1) is 0 Å². The summed E-state index contributed by atoms with van der Waals surface area (Å²) in [6.45, 7) is 5.75. The van der Waals surface area contributed by atoms with E-state index in [1.165, 1.54) is 0 Å². The van der Waals surface area contributed by atoms with Gasteiger partial charge in [-0.05, 0) is 12.8 Å². The molecule has 0 aliphatic rings. The molecule has 20 heavy (non-hydrogen) atoms.